The van der Waals surface area contributed by atoms with Crippen LogP contribution in [0.4, 0.5) is 0 Å². The summed E-state index contributed by atoms with van der Waals surface area (Å²) < 4.78 is 9.10. The molecule has 3 aromatic heterocycles. The van der Waals surface area contributed by atoms with Gasteiger partial charge in [0.1, 0.15) is 11.2 Å². The molecule has 0 atom stereocenters. The highest BCUT2D eigenvalue weighted by atomic mass is 32.1. The van der Waals surface area contributed by atoms with Crippen molar-refractivity contribution in [3.63, 3.8) is 0 Å². The van der Waals surface area contributed by atoms with Crippen molar-refractivity contribution in [2.75, 3.05) is 0 Å². The second-order valence-corrected chi connectivity index (χ2v) is 14.8. The zero-order valence-electron chi connectivity index (χ0n) is 29.0. The Hall–Kier alpha value is -6.88. The van der Waals surface area contributed by atoms with Gasteiger partial charge in [-0.25, -0.2) is 9.97 Å². The van der Waals surface area contributed by atoms with Crippen molar-refractivity contribution in [3.05, 3.63) is 182 Å². The fraction of sp³-hybridized carbons (Fsp3) is 0. The molecular weight excluding hydrogens is 677 g/mol. The van der Waals surface area contributed by atoms with E-state index in [4.69, 9.17) is 14.4 Å². The fourth-order valence-corrected chi connectivity index (χ4v) is 9.08. The number of aromatic nitrogens is 2. The largest absolute Gasteiger partial charge is 0.455 e. The number of fused-ring (bicyclic) bond motifs is 7. The summed E-state index contributed by atoms with van der Waals surface area (Å²) in [5, 5.41) is 7.17. The highest BCUT2D eigenvalue weighted by molar-refractivity contribution is 7.26. The maximum atomic E-state index is 6.52. The van der Waals surface area contributed by atoms with Crippen LogP contribution in [0.5, 0.6) is 0 Å². The van der Waals surface area contributed by atoms with Crippen molar-refractivity contribution < 1.29 is 4.42 Å². The van der Waals surface area contributed by atoms with Gasteiger partial charge < -0.3 is 4.42 Å². The third-order valence-electron chi connectivity index (χ3n) is 10.5. The van der Waals surface area contributed by atoms with E-state index in [-0.39, 0.29) is 0 Å². The minimum atomic E-state index is 0.667. The second-order valence-electron chi connectivity index (χ2n) is 13.7. The molecule has 0 saturated carbocycles. The van der Waals surface area contributed by atoms with Gasteiger partial charge in [0.2, 0.25) is 0 Å². The van der Waals surface area contributed by atoms with E-state index in [1.165, 1.54) is 36.5 Å². The first-order chi connectivity index (χ1) is 26.7. The summed E-state index contributed by atoms with van der Waals surface area (Å²) in [5.74, 6) is 0.667. The molecule has 0 bridgehead atoms. The Balaban J connectivity index is 1.18. The quantitative estimate of drug-likeness (QED) is 0.179. The lowest BCUT2D eigenvalue weighted by atomic mass is 9.93. The summed E-state index contributed by atoms with van der Waals surface area (Å²) >= 11 is 1.85. The molecule has 8 aromatic carbocycles. The number of hydrogen-bond donors (Lipinski definition) is 0. The van der Waals surface area contributed by atoms with E-state index in [9.17, 15) is 0 Å². The summed E-state index contributed by atoms with van der Waals surface area (Å²) in [4.78, 5) is 10.5. The molecule has 0 radical (unpaired) electrons. The smallest absolute Gasteiger partial charge is 0.160 e. The molecule has 0 spiro atoms. The summed E-state index contributed by atoms with van der Waals surface area (Å²) in [5.41, 5.74) is 10.9. The van der Waals surface area contributed by atoms with E-state index in [1.54, 1.807) is 0 Å². The SMILES string of the molecule is c1ccc(-c2nc(-c3cc(-c4ccc5ccccc5c4)cc(-c4cccc5c4sc4ccccc45)c3)cc(-c3cccc4c3oc3ccccc34)n2)cc1. The van der Waals surface area contributed by atoms with Crippen molar-refractivity contribution in [3.8, 4) is 56.2 Å². The van der Waals surface area contributed by atoms with E-state index in [1.807, 2.05) is 41.7 Å². The topological polar surface area (TPSA) is 38.9 Å². The molecule has 0 amide bonds. The van der Waals surface area contributed by atoms with Crippen LogP contribution in [-0.4, -0.2) is 9.97 Å². The van der Waals surface area contributed by atoms with E-state index >= 15 is 0 Å². The number of hydrogen-bond acceptors (Lipinski definition) is 4. The van der Waals surface area contributed by atoms with Crippen LogP contribution in [0.2, 0.25) is 0 Å². The van der Waals surface area contributed by atoms with Crippen molar-refractivity contribution in [2.45, 2.75) is 0 Å². The summed E-state index contributed by atoms with van der Waals surface area (Å²) in [6.07, 6.45) is 0. The number of para-hydroxylation sites is 2. The molecule has 11 aromatic rings. The average molecular weight is 707 g/mol. The minimum Gasteiger partial charge on any atom is -0.455 e. The lowest BCUT2D eigenvalue weighted by Crippen LogP contribution is -1.97. The molecule has 3 nitrogen and oxygen atoms in total. The number of rotatable bonds is 5. The lowest BCUT2D eigenvalue weighted by Gasteiger charge is -2.14. The van der Waals surface area contributed by atoms with E-state index < -0.39 is 0 Å². The van der Waals surface area contributed by atoms with Crippen LogP contribution in [0.15, 0.2) is 186 Å². The minimum absolute atomic E-state index is 0.667. The Bertz CT molecular complexity index is 3230. The number of thiophene rings is 1. The molecule has 0 fully saturated rings. The number of benzene rings is 8. The summed E-state index contributed by atoms with van der Waals surface area (Å²) in [6.45, 7) is 0. The monoisotopic (exact) mass is 706 g/mol. The molecule has 0 aliphatic carbocycles. The molecule has 0 unspecified atom stereocenters. The lowest BCUT2D eigenvalue weighted by molar-refractivity contribution is 0.670. The van der Waals surface area contributed by atoms with Crippen LogP contribution in [-0.2, 0) is 0 Å². The van der Waals surface area contributed by atoms with Crippen LogP contribution in [0.3, 0.4) is 0 Å². The summed E-state index contributed by atoms with van der Waals surface area (Å²) in [7, 11) is 0. The molecule has 0 aliphatic rings. The first-order valence-electron chi connectivity index (χ1n) is 18.1. The number of nitrogens with zero attached hydrogens (tertiary/aromatic N) is 2. The molecule has 11 rings (SSSR count). The normalized spacial score (nSPS) is 11.7. The maximum absolute atomic E-state index is 6.52. The zero-order valence-corrected chi connectivity index (χ0v) is 29.8. The molecule has 252 valence electrons. The Morgan fingerprint density at radius 3 is 1.98 bits per heavy atom. The van der Waals surface area contributed by atoms with Gasteiger partial charge in [-0.1, -0.05) is 133 Å². The average Bonchev–Trinajstić information content (AvgIpc) is 3.82. The van der Waals surface area contributed by atoms with Gasteiger partial charge in [0.25, 0.3) is 0 Å². The highest BCUT2D eigenvalue weighted by Crippen LogP contribution is 2.43. The molecule has 0 N–H and O–H groups in total. The van der Waals surface area contributed by atoms with Gasteiger partial charge in [-0.2, -0.15) is 0 Å². The van der Waals surface area contributed by atoms with Crippen LogP contribution in [0.25, 0.3) is 109 Å². The molecule has 3 heterocycles. The molecule has 4 heteroatoms. The van der Waals surface area contributed by atoms with Crippen LogP contribution < -0.4 is 0 Å². The van der Waals surface area contributed by atoms with Crippen LogP contribution in [0.1, 0.15) is 0 Å². The number of furan rings is 1. The van der Waals surface area contributed by atoms with E-state index in [2.05, 4.69) is 152 Å². The fourth-order valence-electron chi connectivity index (χ4n) is 7.84. The van der Waals surface area contributed by atoms with Crippen molar-refractivity contribution in [2.24, 2.45) is 0 Å². The predicted octanol–water partition coefficient (Wildman–Crippen LogP) is 14.2. The van der Waals surface area contributed by atoms with Crippen LogP contribution >= 0.6 is 11.3 Å². The standard InChI is InChI=1S/C50H30N2OS/c1-2-13-32(14-3-1)50-51-44(30-45(52-50)43-21-11-19-41-39-16-6-8-22-46(39)53-48(41)43)37-28-35(34-25-24-31-12-4-5-15-33(31)26-34)27-36(29-37)38-18-10-20-42-40-17-7-9-23-47(40)54-49(38)42/h1-30H. The van der Waals surface area contributed by atoms with Gasteiger partial charge in [0, 0.05) is 47.6 Å². The Morgan fingerprint density at radius 1 is 0.389 bits per heavy atom. The van der Waals surface area contributed by atoms with Crippen molar-refractivity contribution in [1.29, 1.82) is 0 Å². The van der Waals surface area contributed by atoms with Crippen LogP contribution in [0, 0.1) is 0 Å². The maximum Gasteiger partial charge on any atom is 0.160 e. The molecule has 0 saturated heterocycles. The van der Waals surface area contributed by atoms with Gasteiger partial charge >= 0.3 is 0 Å². The summed E-state index contributed by atoms with van der Waals surface area (Å²) in [6, 6.07) is 64.5. The molecule has 54 heavy (non-hydrogen) atoms. The van der Waals surface area contributed by atoms with Crippen molar-refractivity contribution >= 4 is 64.2 Å². The third-order valence-corrected chi connectivity index (χ3v) is 11.7. The predicted molar refractivity (Wildman–Crippen MR) is 227 cm³/mol. The van der Waals surface area contributed by atoms with Gasteiger partial charge in [0.15, 0.2) is 5.82 Å². The Labute approximate surface area is 315 Å². The zero-order chi connectivity index (χ0) is 35.6. The first kappa shape index (κ1) is 30.7. The van der Waals surface area contributed by atoms with Gasteiger partial charge in [-0.3, -0.25) is 0 Å². The third kappa shape index (κ3) is 5.11. The van der Waals surface area contributed by atoms with E-state index in [0.717, 1.165) is 66.7 Å². The second kappa shape index (κ2) is 12.4. The first-order valence-corrected chi connectivity index (χ1v) is 19.0. The van der Waals surface area contributed by atoms with Gasteiger partial charge in [0.05, 0.1) is 11.4 Å². The Kier molecular flexibility index (Phi) is 7.04. The van der Waals surface area contributed by atoms with Gasteiger partial charge in [-0.05, 0) is 81.6 Å². The van der Waals surface area contributed by atoms with Gasteiger partial charge in [-0.15, -0.1) is 11.3 Å². The Morgan fingerprint density at radius 2 is 1.07 bits per heavy atom. The molecular formula is C50H30N2OS. The highest BCUT2D eigenvalue weighted by Gasteiger charge is 2.18. The van der Waals surface area contributed by atoms with Crippen molar-refractivity contribution in [1.82, 2.24) is 9.97 Å². The van der Waals surface area contributed by atoms with E-state index in [0.29, 0.717) is 5.82 Å². The molecule has 0 aliphatic heterocycles.